The van der Waals surface area contributed by atoms with E-state index in [0.717, 1.165) is 22.7 Å². The number of anilines is 2. The molecule has 1 N–H and O–H groups in total. The first-order valence-corrected chi connectivity index (χ1v) is 10.8. The Morgan fingerprint density at radius 2 is 1.90 bits per heavy atom. The molecule has 3 aromatic rings. The Kier molecular flexibility index (Phi) is 4.95. The maximum atomic E-state index is 13.6. The summed E-state index contributed by atoms with van der Waals surface area (Å²) in [6.45, 7) is 0.292. The number of hydrogen-bond acceptors (Lipinski definition) is 5. The maximum Gasteiger partial charge on any atom is 0.328 e. The number of sulfonamides is 1. The molecular formula is C22H21N3O4S. The minimum absolute atomic E-state index is 0.244. The molecule has 0 radical (unpaired) electrons. The summed E-state index contributed by atoms with van der Waals surface area (Å²) in [5, 5.41) is 10.3. The molecule has 0 bridgehead atoms. The molecule has 8 heteroatoms. The molecule has 2 heterocycles. The number of hydrogen-bond donors (Lipinski definition) is 1. The summed E-state index contributed by atoms with van der Waals surface area (Å²) in [5.74, 6) is -0.656. The highest BCUT2D eigenvalue weighted by molar-refractivity contribution is 7.93. The van der Waals surface area contributed by atoms with E-state index in [1.165, 1.54) is 16.6 Å². The van der Waals surface area contributed by atoms with E-state index in [9.17, 15) is 13.2 Å². The van der Waals surface area contributed by atoms with Crippen LogP contribution in [0, 0.1) is 0 Å². The van der Waals surface area contributed by atoms with Crippen LogP contribution in [0.25, 0.3) is 16.8 Å². The number of benzene rings is 2. The van der Waals surface area contributed by atoms with Crippen LogP contribution in [0.1, 0.15) is 11.1 Å². The molecule has 0 fully saturated rings. The third kappa shape index (κ3) is 3.39. The van der Waals surface area contributed by atoms with Crippen molar-refractivity contribution in [2.45, 2.75) is 11.3 Å². The fourth-order valence-electron chi connectivity index (χ4n) is 3.75. The van der Waals surface area contributed by atoms with Crippen LogP contribution in [-0.4, -0.2) is 45.1 Å². The fourth-order valence-corrected chi connectivity index (χ4v) is 5.42. The van der Waals surface area contributed by atoms with Crippen LogP contribution in [0.4, 0.5) is 11.5 Å². The highest BCUT2D eigenvalue weighted by Gasteiger charge is 2.33. The fraction of sp³-hybridized carbons (Fsp3) is 0.182. The van der Waals surface area contributed by atoms with Gasteiger partial charge in [0.25, 0.3) is 10.0 Å². The Balaban J connectivity index is 1.78. The van der Waals surface area contributed by atoms with Crippen molar-refractivity contribution in [3.8, 4) is 0 Å². The number of aromatic nitrogens is 1. The van der Waals surface area contributed by atoms with Gasteiger partial charge in [0, 0.05) is 49.4 Å². The zero-order valence-corrected chi connectivity index (χ0v) is 17.4. The standard InChI is InChI=1S/C22H21N3O4S/c1-24(2)19-7-3-6-18-17(19)5-4-8-20(18)30(28,29)25-12-11-16-13-15(9-10-21(26)27)14-23-22(16)25/h3-10,13-14H,11-12H2,1-2H3,(H,26,27). The van der Waals surface area contributed by atoms with Gasteiger partial charge in [-0.15, -0.1) is 0 Å². The van der Waals surface area contributed by atoms with Crippen molar-refractivity contribution in [3.63, 3.8) is 0 Å². The molecule has 0 spiro atoms. The molecule has 154 valence electrons. The second-order valence-electron chi connectivity index (χ2n) is 7.27. The van der Waals surface area contributed by atoms with E-state index >= 15 is 0 Å². The lowest BCUT2D eigenvalue weighted by molar-refractivity contribution is -0.131. The summed E-state index contributed by atoms with van der Waals surface area (Å²) in [5.41, 5.74) is 2.34. The first-order valence-electron chi connectivity index (χ1n) is 9.41. The predicted molar refractivity (Wildman–Crippen MR) is 117 cm³/mol. The second-order valence-corrected chi connectivity index (χ2v) is 9.10. The van der Waals surface area contributed by atoms with Crippen LogP contribution >= 0.6 is 0 Å². The van der Waals surface area contributed by atoms with E-state index in [2.05, 4.69) is 4.98 Å². The van der Waals surface area contributed by atoms with Gasteiger partial charge in [-0.1, -0.05) is 24.3 Å². The van der Waals surface area contributed by atoms with Gasteiger partial charge in [0.1, 0.15) is 5.82 Å². The molecule has 30 heavy (non-hydrogen) atoms. The van der Waals surface area contributed by atoms with Gasteiger partial charge in [0.2, 0.25) is 0 Å². The number of carboxylic acid groups (broad SMARTS) is 1. The number of pyridine rings is 1. The Morgan fingerprint density at radius 3 is 2.63 bits per heavy atom. The van der Waals surface area contributed by atoms with Crippen LogP contribution < -0.4 is 9.21 Å². The monoisotopic (exact) mass is 423 g/mol. The lowest BCUT2D eigenvalue weighted by Gasteiger charge is -2.21. The average Bonchev–Trinajstić information content (AvgIpc) is 3.15. The molecule has 1 aliphatic rings. The van der Waals surface area contributed by atoms with Crippen LogP contribution in [-0.2, 0) is 21.2 Å². The smallest absolute Gasteiger partial charge is 0.328 e. The topological polar surface area (TPSA) is 90.8 Å². The normalized spacial score (nSPS) is 13.7. The van der Waals surface area contributed by atoms with Gasteiger partial charge in [-0.25, -0.2) is 22.5 Å². The third-order valence-corrected chi connectivity index (χ3v) is 6.96. The number of fused-ring (bicyclic) bond motifs is 2. The minimum Gasteiger partial charge on any atom is -0.478 e. The highest BCUT2D eigenvalue weighted by Crippen LogP contribution is 2.36. The van der Waals surface area contributed by atoms with Gasteiger partial charge in [0.15, 0.2) is 0 Å². The molecule has 1 aliphatic heterocycles. The van der Waals surface area contributed by atoms with E-state index in [0.29, 0.717) is 29.7 Å². The summed E-state index contributed by atoms with van der Waals surface area (Å²) in [6, 6.07) is 12.7. The average molecular weight is 423 g/mol. The Hall–Kier alpha value is -3.39. The van der Waals surface area contributed by atoms with Crippen LogP contribution in [0.3, 0.4) is 0 Å². The molecule has 0 amide bonds. The first-order chi connectivity index (χ1) is 14.3. The Morgan fingerprint density at radius 1 is 1.17 bits per heavy atom. The number of nitrogens with zero attached hydrogens (tertiary/aromatic N) is 3. The summed E-state index contributed by atoms with van der Waals surface area (Å²) < 4.78 is 28.5. The Bertz CT molecular complexity index is 1280. The van der Waals surface area contributed by atoms with Crippen LogP contribution in [0.5, 0.6) is 0 Å². The summed E-state index contributed by atoms with van der Waals surface area (Å²) in [7, 11) is 0.0276. The molecule has 4 rings (SSSR count). The number of carboxylic acids is 1. The molecule has 2 aromatic carbocycles. The molecule has 0 saturated heterocycles. The summed E-state index contributed by atoms with van der Waals surface area (Å²) in [6.07, 6.45) is 4.48. The zero-order valence-electron chi connectivity index (χ0n) is 16.6. The largest absolute Gasteiger partial charge is 0.478 e. The van der Waals surface area contributed by atoms with Gasteiger partial charge in [0.05, 0.1) is 4.90 Å². The van der Waals surface area contributed by atoms with Gasteiger partial charge >= 0.3 is 5.97 Å². The first kappa shape index (κ1) is 19.9. The lowest BCUT2D eigenvalue weighted by Crippen LogP contribution is -2.30. The van der Waals surface area contributed by atoms with Crippen LogP contribution in [0.2, 0.25) is 0 Å². The van der Waals surface area contributed by atoms with Crippen LogP contribution in [0.15, 0.2) is 59.6 Å². The Labute approximate surface area is 174 Å². The number of carbonyl (C=O) groups is 1. The minimum atomic E-state index is -3.82. The van der Waals surface area contributed by atoms with E-state index < -0.39 is 16.0 Å². The van der Waals surface area contributed by atoms with E-state index in [1.54, 1.807) is 18.2 Å². The van der Waals surface area contributed by atoms with E-state index in [-0.39, 0.29) is 4.90 Å². The van der Waals surface area contributed by atoms with Crippen molar-refractivity contribution in [1.29, 1.82) is 0 Å². The van der Waals surface area contributed by atoms with Crippen molar-refractivity contribution >= 4 is 44.3 Å². The molecular weight excluding hydrogens is 402 g/mol. The van der Waals surface area contributed by atoms with Gasteiger partial charge in [-0.3, -0.25) is 0 Å². The number of aliphatic carboxylic acids is 1. The molecule has 7 nitrogen and oxygen atoms in total. The van der Waals surface area contributed by atoms with Gasteiger partial charge < -0.3 is 10.0 Å². The van der Waals surface area contributed by atoms with Gasteiger partial charge in [-0.05, 0) is 41.8 Å². The van der Waals surface area contributed by atoms with Crippen molar-refractivity contribution in [2.24, 2.45) is 0 Å². The van der Waals surface area contributed by atoms with Crippen molar-refractivity contribution in [2.75, 3.05) is 29.8 Å². The maximum absolute atomic E-state index is 13.6. The van der Waals surface area contributed by atoms with Crippen molar-refractivity contribution in [1.82, 2.24) is 4.98 Å². The highest BCUT2D eigenvalue weighted by atomic mass is 32.2. The lowest BCUT2D eigenvalue weighted by atomic mass is 10.1. The summed E-state index contributed by atoms with van der Waals surface area (Å²) in [4.78, 5) is 17.3. The molecule has 0 unspecified atom stereocenters. The summed E-state index contributed by atoms with van der Waals surface area (Å²) >= 11 is 0. The van der Waals surface area contributed by atoms with Crippen molar-refractivity contribution in [3.05, 3.63) is 65.9 Å². The zero-order chi connectivity index (χ0) is 21.5. The van der Waals surface area contributed by atoms with E-state index in [4.69, 9.17) is 5.11 Å². The molecule has 0 aliphatic carbocycles. The quantitative estimate of drug-likeness (QED) is 0.634. The molecule has 0 atom stereocenters. The van der Waals surface area contributed by atoms with Gasteiger partial charge in [-0.2, -0.15) is 0 Å². The number of rotatable bonds is 5. The van der Waals surface area contributed by atoms with E-state index in [1.807, 2.05) is 43.3 Å². The second kappa shape index (κ2) is 7.46. The predicted octanol–water partition coefficient (Wildman–Crippen LogP) is 3.15. The SMILES string of the molecule is CN(C)c1cccc2c(S(=O)(=O)N3CCc4cc(C=CC(=O)O)cnc43)cccc12. The van der Waals surface area contributed by atoms with Crippen molar-refractivity contribution < 1.29 is 18.3 Å². The third-order valence-electron chi connectivity index (χ3n) is 5.11. The molecule has 1 aromatic heterocycles. The molecule has 0 saturated carbocycles.